The van der Waals surface area contributed by atoms with Crippen LogP contribution in [0.4, 0.5) is 0 Å². The number of unbranched alkanes of at least 4 members (excludes halogenated alkanes) is 54. The second-order valence-corrected chi connectivity index (χ2v) is 31.4. The van der Waals surface area contributed by atoms with Crippen LogP contribution in [0.3, 0.4) is 0 Å². The Bertz CT molecular complexity index is 1860. The van der Waals surface area contributed by atoms with Crippen LogP contribution in [0.5, 0.6) is 0 Å². The van der Waals surface area contributed by atoms with E-state index in [2.05, 4.69) is 27.7 Å². The van der Waals surface area contributed by atoms with Crippen molar-refractivity contribution in [2.24, 2.45) is 0 Å². The molecule has 0 aliphatic carbocycles. The molecule has 2 unspecified atom stereocenters. The number of aliphatic hydroxyl groups excluding tert-OH is 1. The van der Waals surface area contributed by atoms with E-state index in [0.29, 0.717) is 25.7 Å². The molecule has 19 heteroatoms. The summed E-state index contributed by atoms with van der Waals surface area (Å²) in [5.41, 5.74) is 0. The van der Waals surface area contributed by atoms with Gasteiger partial charge in [0.1, 0.15) is 19.3 Å². The minimum Gasteiger partial charge on any atom is -0.462 e. The van der Waals surface area contributed by atoms with Crippen molar-refractivity contribution in [3.8, 4) is 0 Å². The van der Waals surface area contributed by atoms with Crippen LogP contribution < -0.4 is 0 Å². The highest BCUT2D eigenvalue weighted by Crippen LogP contribution is 2.45. The molecule has 582 valence electrons. The Hall–Kier alpha value is -1.94. The Morgan fingerprint density at radius 1 is 0.245 bits per heavy atom. The second kappa shape index (κ2) is 73.4. The van der Waals surface area contributed by atoms with E-state index in [4.69, 9.17) is 37.0 Å². The first-order valence-corrected chi connectivity index (χ1v) is 44.3. The zero-order valence-corrected chi connectivity index (χ0v) is 65.6. The van der Waals surface area contributed by atoms with E-state index in [1.54, 1.807) is 0 Å². The van der Waals surface area contributed by atoms with E-state index in [-0.39, 0.29) is 25.7 Å². The van der Waals surface area contributed by atoms with E-state index in [1.165, 1.54) is 250 Å². The van der Waals surface area contributed by atoms with E-state index in [9.17, 15) is 43.2 Å². The molecule has 0 saturated heterocycles. The van der Waals surface area contributed by atoms with Gasteiger partial charge in [-0.1, -0.05) is 374 Å². The van der Waals surface area contributed by atoms with Gasteiger partial charge in [-0.15, -0.1) is 0 Å². The van der Waals surface area contributed by atoms with Gasteiger partial charge in [0, 0.05) is 25.7 Å². The highest BCUT2D eigenvalue weighted by Gasteiger charge is 2.30. The number of phosphoric ester groups is 2. The fraction of sp³-hybridized carbons (Fsp3) is 0.949. The van der Waals surface area contributed by atoms with Gasteiger partial charge in [-0.25, -0.2) is 9.13 Å². The van der Waals surface area contributed by atoms with Gasteiger partial charge in [0.25, 0.3) is 0 Å². The summed E-state index contributed by atoms with van der Waals surface area (Å²) in [4.78, 5) is 72.6. The van der Waals surface area contributed by atoms with Gasteiger partial charge in [-0.2, -0.15) is 0 Å². The Balaban J connectivity index is 5.09. The van der Waals surface area contributed by atoms with Gasteiger partial charge in [0.15, 0.2) is 12.2 Å². The Kier molecular flexibility index (Phi) is 71.9. The van der Waals surface area contributed by atoms with Crippen molar-refractivity contribution in [1.82, 2.24) is 0 Å². The maximum Gasteiger partial charge on any atom is 0.472 e. The molecule has 17 nitrogen and oxygen atoms in total. The Morgan fingerprint density at radius 2 is 0.408 bits per heavy atom. The lowest BCUT2D eigenvalue weighted by Crippen LogP contribution is -2.30. The van der Waals surface area contributed by atoms with Crippen molar-refractivity contribution in [2.45, 2.75) is 444 Å². The molecule has 0 amide bonds. The van der Waals surface area contributed by atoms with Gasteiger partial charge in [0.05, 0.1) is 26.4 Å². The first-order chi connectivity index (χ1) is 47.7. The van der Waals surface area contributed by atoms with Crippen LogP contribution in [-0.4, -0.2) is 96.7 Å². The number of carbonyl (C=O) groups is 4. The van der Waals surface area contributed by atoms with E-state index in [1.807, 2.05) is 0 Å². The Morgan fingerprint density at radius 3 is 0.602 bits per heavy atom. The van der Waals surface area contributed by atoms with Crippen LogP contribution in [0.1, 0.15) is 426 Å². The van der Waals surface area contributed by atoms with Crippen LogP contribution in [0, 0.1) is 0 Å². The summed E-state index contributed by atoms with van der Waals surface area (Å²) in [5, 5.41) is 10.6. The van der Waals surface area contributed by atoms with Crippen LogP contribution in [-0.2, 0) is 65.4 Å². The number of hydrogen-bond donors (Lipinski definition) is 3. The molecule has 0 aromatic rings. The zero-order valence-electron chi connectivity index (χ0n) is 63.8. The molecular weight excluding hydrogens is 1280 g/mol. The highest BCUT2D eigenvalue weighted by atomic mass is 31.2. The lowest BCUT2D eigenvalue weighted by molar-refractivity contribution is -0.161. The minimum absolute atomic E-state index is 0.107. The van der Waals surface area contributed by atoms with Crippen molar-refractivity contribution in [1.29, 1.82) is 0 Å². The molecule has 0 aromatic heterocycles. The predicted octanol–water partition coefficient (Wildman–Crippen LogP) is 23.8. The van der Waals surface area contributed by atoms with Crippen LogP contribution in [0.25, 0.3) is 0 Å². The predicted molar refractivity (Wildman–Crippen MR) is 400 cm³/mol. The molecule has 0 heterocycles. The third-order valence-electron chi connectivity index (χ3n) is 18.6. The topological polar surface area (TPSA) is 237 Å². The molecule has 0 aliphatic heterocycles. The van der Waals surface area contributed by atoms with Crippen molar-refractivity contribution in [3.63, 3.8) is 0 Å². The van der Waals surface area contributed by atoms with Crippen LogP contribution in [0.2, 0.25) is 0 Å². The second-order valence-electron chi connectivity index (χ2n) is 28.5. The van der Waals surface area contributed by atoms with E-state index in [0.717, 1.165) is 96.3 Å². The number of ether oxygens (including phenoxy) is 4. The molecule has 0 bridgehead atoms. The summed E-state index contributed by atoms with van der Waals surface area (Å²) in [6, 6.07) is 0. The minimum atomic E-state index is -4.96. The van der Waals surface area contributed by atoms with E-state index >= 15 is 0 Å². The molecule has 0 radical (unpaired) electrons. The third-order valence-corrected chi connectivity index (χ3v) is 20.5. The van der Waals surface area contributed by atoms with Crippen LogP contribution in [0.15, 0.2) is 0 Å². The molecule has 0 spiro atoms. The highest BCUT2D eigenvalue weighted by molar-refractivity contribution is 7.47. The number of hydrogen-bond acceptors (Lipinski definition) is 15. The summed E-state index contributed by atoms with van der Waals surface area (Å²) in [5.74, 6) is -2.12. The fourth-order valence-electron chi connectivity index (χ4n) is 12.3. The summed E-state index contributed by atoms with van der Waals surface area (Å²) in [7, 11) is -9.90. The van der Waals surface area contributed by atoms with Gasteiger partial charge < -0.3 is 33.8 Å². The monoisotopic (exact) mass is 1440 g/mol. The quantitative estimate of drug-likeness (QED) is 0.0222. The number of aliphatic hydroxyl groups is 1. The Labute approximate surface area is 600 Å². The average molecular weight is 1440 g/mol. The van der Waals surface area contributed by atoms with Gasteiger partial charge in [-0.3, -0.25) is 37.3 Å². The average Bonchev–Trinajstić information content (AvgIpc) is 2.85. The molecule has 98 heavy (non-hydrogen) atoms. The van der Waals surface area contributed by atoms with Gasteiger partial charge in [-0.05, 0) is 25.7 Å². The molecule has 3 N–H and O–H groups in total. The zero-order chi connectivity index (χ0) is 71.8. The van der Waals surface area contributed by atoms with Crippen molar-refractivity contribution < 1.29 is 80.2 Å². The standard InChI is InChI=1S/C79H154O17P2/c1-5-9-13-17-20-23-26-28-30-32-34-36-38-40-42-44-47-49-52-56-60-64-77(82)90-70-75(96-79(84)66-62-58-54-51-48-45-43-41-39-37-35-33-31-29-27-24-21-18-14-10-6-2)72-94-98(87,88)92-68-73(80)67-91-97(85,86)93-71-74(69-89-76(81)63-59-55-16-12-8-4)95-78(83)65-61-57-53-50-46-25-22-19-15-11-7-3/h73-75,80H,5-72H2,1-4H3,(H,85,86)(H,87,88)/t73-,74+,75+/m0/s1. The number of esters is 4. The fourth-order valence-corrected chi connectivity index (χ4v) is 13.9. The smallest absolute Gasteiger partial charge is 0.462 e. The molecule has 0 aliphatic rings. The van der Waals surface area contributed by atoms with Crippen molar-refractivity contribution in [2.75, 3.05) is 39.6 Å². The van der Waals surface area contributed by atoms with Crippen molar-refractivity contribution in [3.05, 3.63) is 0 Å². The molecule has 0 saturated carbocycles. The maximum absolute atomic E-state index is 13.1. The molecule has 5 atom stereocenters. The lowest BCUT2D eigenvalue weighted by Gasteiger charge is -2.21. The summed E-state index contributed by atoms with van der Waals surface area (Å²) in [6.07, 6.45) is 65.9. The van der Waals surface area contributed by atoms with Gasteiger partial charge in [0.2, 0.25) is 0 Å². The van der Waals surface area contributed by atoms with Gasteiger partial charge >= 0.3 is 39.5 Å². The third kappa shape index (κ3) is 72.4. The molecule has 0 aromatic carbocycles. The summed E-state index contributed by atoms with van der Waals surface area (Å²) in [6.45, 7) is 4.90. The van der Waals surface area contributed by atoms with Crippen molar-refractivity contribution >= 4 is 39.5 Å². The molecule has 0 fully saturated rings. The maximum atomic E-state index is 13.1. The number of rotatable bonds is 80. The lowest BCUT2D eigenvalue weighted by atomic mass is 10.0. The SMILES string of the molecule is CCCCCCCCCCCCCCCCCCCCCCCC(=O)OC[C@H](COP(=O)(O)OC[C@@H](O)COP(=O)(O)OC[C@@H](COC(=O)CCCCCCC)OC(=O)CCCCCCCCCCCCC)OC(=O)CCCCCCCCCCCCCCCCCCCCCCC. The van der Waals surface area contributed by atoms with E-state index < -0.39 is 97.5 Å². The molecular formula is C79H154O17P2. The first kappa shape index (κ1) is 96.1. The number of phosphoric acid groups is 2. The summed E-state index contributed by atoms with van der Waals surface area (Å²) < 4.78 is 68.3. The normalized spacial score (nSPS) is 13.8. The number of carbonyl (C=O) groups excluding carboxylic acids is 4. The van der Waals surface area contributed by atoms with Crippen LogP contribution >= 0.6 is 15.6 Å². The largest absolute Gasteiger partial charge is 0.472 e. The summed E-state index contributed by atoms with van der Waals surface area (Å²) >= 11 is 0. The first-order valence-electron chi connectivity index (χ1n) is 41.3. The molecule has 0 rings (SSSR count).